The molecule has 0 bridgehead atoms. The summed E-state index contributed by atoms with van der Waals surface area (Å²) in [5.74, 6) is 0. The summed E-state index contributed by atoms with van der Waals surface area (Å²) < 4.78 is 5.36. The van der Waals surface area contributed by atoms with Gasteiger partial charge >= 0.3 is 0 Å². The fourth-order valence-corrected chi connectivity index (χ4v) is 2.42. The molecule has 1 N–H and O–H groups in total. The highest BCUT2D eigenvalue weighted by molar-refractivity contribution is 5.33. The van der Waals surface area contributed by atoms with Crippen molar-refractivity contribution in [2.24, 2.45) is 0 Å². The van der Waals surface area contributed by atoms with Crippen LogP contribution in [0.2, 0.25) is 0 Å². The third-order valence-corrected chi connectivity index (χ3v) is 3.45. The maximum Gasteiger partial charge on any atom is 0.0628 e. The molecule has 1 aliphatic heterocycles. The zero-order valence-corrected chi connectivity index (χ0v) is 10.6. The van der Waals surface area contributed by atoms with Crippen LogP contribution in [0.15, 0.2) is 18.2 Å². The second-order valence-corrected chi connectivity index (χ2v) is 4.71. The number of aliphatic hydroxyl groups excluding tert-OH is 1. The highest BCUT2D eigenvalue weighted by atomic mass is 16.5. The highest BCUT2D eigenvalue weighted by Gasteiger charge is 2.23. The zero-order valence-electron chi connectivity index (χ0n) is 10.6. The largest absolute Gasteiger partial charge is 0.394 e. The Morgan fingerprint density at radius 1 is 1.29 bits per heavy atom. The lowest BCUT2D eigenvalue weighted by atomic mass is 9.98. The van der Waals surface area contributed by atoms with E-state index >= 15 is 0 Å². The van der Waals surface area contributed by atoms with E-state index < -0.39 is 0 Å². The third-order valence-electron chi connectivity index (χ3n) is 3.45. The number of aryl methyl sites for hydroxylation is 2. The minimum absolute atomic E-state index is 0.110. The molecule has 0 saturated carbocycles. The number of hydrogen-bond acceptors (Lipinski definition) is 3. The molecule has 3 nitrogen and oxygen atoms in total. The molecule has 0 radical (unpaired) electrons. The molecule has 2 rings (SSSR count). The molecule has 1 heterocycles. The van der Waals surface area contributed by atoms with Crippen molar-refractivity contribution in [1.82, 2.24) is 4.90 Å². The van der Waals surface area contributed by atoms with E-state index in [2.05, 4.69) is 36.9 Å². The van der Waals surface area contributed by atoms with Crippen molar-refractivity contribution >= 4 is 0 Å². The van der Waals surface area contributed by atoms with Crippen molar-refractivity contribution in [1.29, 1.82) is 0 Å². The number of aliphatic hydroxyl groups is 1. The van der Waals surface area contributed by atoms with Crippen molar-refractivity contribution < 1.29 is 9.84 Å². The van der Waals surface area contributed by atoms with Crippen LogP contribution < -0.4 is 0 Å². The van der Waals surface area contributed by atoms with Crippen LogP contribution in [0.3, 0.4) is 0 Å². The standard InChI is InChI=1S/C14H21NO2/c1-11-3-4-12(2)13(9-11)14(10-16)15-5-7-17-8-6-15/h3-4,9,14,16H,5-8,10H2,1-2H3. The first-order chi connectivity index (χ1) is 8.22. The Morgan fingerprint density at radius 2 is 2.00 bits per heavy atom. The van der Waals surface area contributed by atoms with Gasteiger partial charge in [-0.25, -0.2) is 0 Å². The number of morpholine rings is 1. The van der Waals surface area contributed by atoms with Crippen LogP contribution in [0.4, 0.5) is 0 Å². The second kappa shape index (κ2) is 5.63. The van der Waals surface area contributed by atoms with Gasteiger partial charge < -0.3 is 9.84 Å². The average molecular weight is 235 g/mol. The van der Waals surface area contributed by atoms with Crippen LogP contribution in [0.1, 0.15) is 22.7 Å². The fourth-order valence-electron chi connectivity index (χ4n) is 2.42. The van der Waals surface area contributed by atoms with Gasteiger partial charge in [0, 0.05) is 13.1 Å². The van der Waals surface area contributed by atoms with Crippen LogP contribution in [0.25, 0.3) is 0 Å². The molecule has 0 aromatic heterocycles. The summed E-state index contributed by atoms with van der Waals surface area (Å²) in [5.41, 5.74) is 3.74. The van der Waals surface area contributed by atoms with Gasteiger partial charge in [-0.2, -0.15) is 0 Å². The minimum Gasteiger partial charge on any atom is -0.394 e. The van der Waals surface area contributed by atoms with Gasteiger partial charge in [0.1, 0.15) is 0 Å². The van der Waals surface area contributed by atoms with Gasteiger partial charge in [0.2, 0.25) is 0 Å². The quantitative estimate of drug-likeness (QED) is 0.865. The van der Waals surface area contributed by atoms with E-state index in [4.69, 9.17) is 4.74 Å². The summed E-state index contributed by atoms with van der Waals surface area (Å²) in [6.45, 7) is 7.71. The van der Waals surface area contributed by atoms with E-state index in [0.29, 0.717) is 0 Å². The van der Waals surface area contributed by atoms with Gasteiger partial charge in [-0.1, -0.05) is 23.8 Å². The maximum absolute atomic E-state index is 9.66. The van der Waals surface area contributed by atoms with Crippen molar-refractivity contribution in [3.63, 3.8) is 0 Å². The van der Waals surface area contributed by atoms with E-state index in [9.17, 15) is 5.11 Å². The van der Waals surface area contributed by atoms with Crippen LogP contribution in [0.5, 0.6) is 0 Å². The highest BCUT2D eigenvalue weighted by Crippen LogP contribution is 2.25. The van der Waals surface area contributed by atoms with E-state index in [0.717, 1.165) is 26.3 Å². The van der Waals surface area contributed by atoms with Crippen molar-refractivity contribution in [2.45, 2.75) is 19.9 Å². The topological polar surface area (TPSA) is 32.7 Å². The molecule has 1 aromatic rings. The number of rotatable bonds is 3. The molecule has 1 unspecified atom stereocenters. The van der Waals surface area contributed by atoms with Gasteiger partial charge in [0.15, 0.2) is 0 Å². The van der Waals surface area contributed by atoms with Crippen molar-refractivity contribution in [2.75, 3.05) is 32.9 Å². The van der Waals surface area contributed by atoms with Crippen molar-refractivity contribution in [3.05, 3.63) is 34.9 Å². The third kappa shape index (κ3) is 2.86. The molecule has 0 aliphatic carbocycles. The molecule has 1 atom stereocenters. The molecule has 1 aliphatic rings. The first kappa shape index (κ1) is 12.6. The molecule has 3 heteroatoms. The summed E-state index contributed by atoms with van der Waals surface area (Å²) in [6.07, 6.45) is 0. The Morgan fingerprint density at radius 3 is 2.65 bits per heavy atom. The SMILES string of the molecule is Cc1ccc(C)c(C(CO)N2CCOCC2)c1. The number of benzene rings is 1. The van der Waals surface area contributed by atoms with Gasteiger partial charge in [-0.3, -0.25) is 4.90 Å². The number of nitrogens with zero attached hydrogens (tertiary/aromatic N) is 1. The minimum atomic E-state index is 0.110. The normalized spacial score (nSPS) is 19.2. The molecule has 1 aromatic carbocycles. The van der Waals surface area contributed by atoms with Gasteiger partial charge in [0.05, 0.1) is 25.9 Å². The Hall–Kier alpha value is -0.900. The molecular formula is C14H21NO2. The average Bonchev–Trinajstić information content (AvgIpc) is 2.36. The molecule has 1 fully saturated rings. The fraction of sp³-hybridized carbons (Fsp3) is 0.571. The Labute approximate surface area is 103 Å². The summed E-state index contributed by atoms with van der Waals surface area (Å²) in [7, 11) is 0. The molecule has 1 saturated heterocycles. The Kier molecular flexibility index (Phi) is 4.15. The van der Waals surface area contributed by atoms with Crippen LogP contribution in [0, 0.1) is 13.8 Å². The van der Waals surface area contributed by atoms with E-state index in [-0.39, 0.29) is 12.6 Å². The first-order valence-electron chi connectivity index (χ1n) is 6.22. The van der Waals surface area contributed by atoms with Gasteiger partial charge in [0.25, 0.3) is 0 Å². The van der Waals surface area contributed by atoms with Crippen molar-refractivity contribution in [3.8, 4) is 0 Å². The van der Waals surface area contributed by atoms with E-state index in [1.54, 1.807) is 0 Å². The van der Waals surface area contributed by atoms with Gasteiger partial charge in [-0.05, 0) is 25.0 Å². The maximum atomic E-state index is 9.66. The van der Waals surface area contributed by atoms with E-state index in [1.807, 2.05) is 0 Å². The summed E-state index contributed by atoms with van der Waals surface area (Å²) in [4.78, 5) is 2.31. The van der Waals surface area contributed by atoms with Crippen LogP contribution >= 0.6 is 0 Å². The molecule has 0 spiro atoms. The number of hydrogen-bond donors (Lipinski definition) is 1. The Bertz CT molecular complexity index is 372. The molecule has 0 amide bonds. The summed E-state index contributed by atoms with van der Waals surface area (Å²) in [6, 6.07) is 6.55. The van der Waals surface area contributed by atoms with Crippen LogP contribution in [-0.2, 0) is 4.74 Å². The lowest BCUT2D eigenvalue weighted by Crippen LogP contribution is -2.40. The predicted octanol–water partition coefficient (Wildman–Crippen LogP) is 1.67. The zero-order chi connectivity index (χ0) is 12.3. The summed E-state index contributed by atoms with van der Waals surface area (Å²) >= 11 is 0. The van der Waals surface area contributed by atoms with Crippen LogP contribution in [-0.4, -0.2) is 42.9 Å². The predicted molar refractivity (Wildman–Crippen MR) is 68.1 cm³/mol. The molecule has 94 valence electrons. The summed E-state index contributed by atoms with van der Waals surface area (Å²) in [5, 5.41) is 9.66. The first-order valence-corrected chi connectivity index (χ1v) is 6.22. The number of ether oxygens (including phenoxy) is 1. The lowest BCUT2D eigenvalue weighted by molar-refractivity contribution is 0.00243. The van der Waals surface area contributed by atoms with E-state index in [1.165, 1.54) is 16.7 Å². The Balaban J connectivity index is 2.24. The molecular weight excluding hydrogens is 214 g/mol. The second-order valence-electron chi connectivity index (χ2n) is 4.71. The monoisotopic (exact) mass is 235 g/mol. The molecule has 17 heavy (non-hydrogen) atoms. The lowest BCUT2D eigenvalue weighted by Gasteiger charge is -2.34. The smallest absolute Gasteiger partial charge is 0.0628 e. The van der Waals surface area contributed by atoms with Gasteiger partial charge in [-0.15, -0.1) is 0 Å².